The summed E-state index contributed by atoms with van der Waals surface area (Å²) < 4.78 is 10.7. The summed E-state index contributed by atoms with van der Waals surface area (Å²) in [5, 5.41) is 14.7. The van der Waals surface area contributed by atoms with Crippen LogP contribution in [0.2, 0.25) is 0 Å². The summed E-state index contributed by atoms with van der Waals surface area (Å²) in [6.07, 6.45) is 10.2. The van der Waals surface area contributed by atoms with Crippen LogP contribution in [-0.4, -0.2) is 82.1 Å². The number of ketones is 1. The van der Waals surface area contributed by atoms with Crippen molar-refractivity contribution in [3.8, 4) is 11.4 Å². The van der Waals surface area contributed by atoms with Crippen LogP contribution >= 0.6 is 39.5 Å². The SMILES string of the molecule is CCO.CCOCC(Br)C(=O)c1ccccn1.CCOCc1sc(NCc2ncccn2)nc1-c1ccccn1.NC(=S)NCc1ncccn1. The van der Waals surface area contributed by atoms with Crippen LogP contribution in [-0.2, 0) is 29.2 Å². The first kappa shape index (κ1) is 42.8. The first-order valence-electron chi connectivity index (χ1n) is 15.9. The molecule has 0 aliphatic carbocycles. The molecule has 0 bridgehead atoms. The van der Waals surface area contributed by atoms with E-state index >= 15 is 0 Å². The Kier molecular flexibility index (Phi) is 22.2. The van der Waals surface area contributed by atoms with Gasteiger partial charge in [0.1, 0.15) is 27.9 Å². The second kappa shape index (κ2) is 26.4. The number of alkyl halides is 1. The Morgan fingerprint density at radius 1 is 0.863 bits per heavy atom. The quantitative estimate of drug-likeness (QED) is 0.0664. The average Bonchev–Trinajstić information content (AvgIpc) is 3.59. The molecular formula is C34H43BrN10O4S2. The van der Waals surface area contributed by atoms with Gasteiger partial charge >= 0.3 is 0 Å². The van der Waals surface area contributed by atoms with Gasteiger partial charge in [-0.2, -0.15) is 0 Å². The molecule has 5 aromatic rings. The van der Waals surface area contributed by atoms with Crippen LogP contribution in [0.25, 0.3) is 11.4 Å². The number of nitrogens with zero attached hydrogens (tertiary/aromatic N) is 7. The van der Waals surface area contributed by atoms with Crippen molar-refractivity contribution in [1.29, 1.82) is 0 Å². The molecule has 5 heterocycles. The fourth-order valence-corrected chi connectivity index (χ4v) is 4.95. The molecule has 0 aromatic carbocycles. The number of carbonyl (C=O) groups is 1. The number of thiazole rings is 1. The average molecular weight is 800 g/mol. The number of aliphatic hydroxyl groups excluding tert-OH is 1. The van der Waals surface area contributed by atoms with Gasteiger partial charge in [-0.15, -0.1) is 0 Å². The number of anilines is 1. The lowest BCUT2D eigenvalue weighted by molar-refractivity contribution is 0.0910. The van der Waals surface area contributed by atoms with Crippen molar-refractivity contribution in [2.45, 2.75) is 45.3 Å². The van der Waals surface area contributed by atoms with E-state index in [2.05, 4.69) is 73.7 Å². The molecule has 0 radical (unpaired) electrons. The highest BCUT2D eigenvalue weighted by Gasteiger charge is 2.17. The number of carbonyl (C=O) groups excluding carboxylic acids is 1. The van der Waals surface area contributed by atoms with Gasteiger partial charge < -0.3 is 30.9 Å². The van der Waals surface area contributed by atoms with E-state index < -0.39 is 0 Å². The molecule has 0 spiro atoms. The number of nitrogens with two attached hydrogens (primary N) is 1. The molecule has 14 nitrogen and oxygen atoms in total. The molecule has 5 rings (SSSR count). The number of aliphatic hydroxyl groups is 1. The molecule has 17 heteroatoms. The van der Waals surface area contributed by atoms with Crippen molar-refractivity contribution in [2.24, 2.45) is 5.73 Å². The van der Waals surface area contributed by atoms with Gasteiger partial charge in [-0.25, -0.2) is 24.9 Å². The van der Waals surface area contributed by atoms with E-state index in [1.807, 2.05) is 32.0 Å². The third kappa shape index (κ3) is 17.9. The van der Waals surface area contributed by atoms with E-state index in [1.165, 1.54) is 0 Å². The van der Waals surface area contributed by atoms with E-state index in [0.29, 0.717) is 51.0 Å². The Bertz CT molecular complexity index is 1640. The van der Waals surface area contributed by atoms with Gasteiger partial charge in [-0.05, 0) is 69.4 Å². The molecule has 0 aliphatic rings. The Morgan fingerprint density at radius 2 is 1.43 bits per heavy atom. The van der Waals surface area contributed by atoms with Gasteiger partial charge in [-0.3, -0.25) is 14.8 Å². The van der Waals surface area contributed by atoms with Crippen LogP contribution in [0, 0.1) is 0 Å². The Balaban J connectivity index is 0.000000275. The topological polar surface area (TPSA) is 196 Å². The third-order valence-corrected chi connectivity index (χ3v) is 7.58. The van der Waals surface area contributed by atoms with Gasteiger partial charge in [0.25, 0.3) is 0 Å². The molecule has 51 heavy (non-hydrogen) atoms. The van der Waals surface area contributed by atoms with Gasteiger partial charge in [0.15, 0.2) is 16.0 Å². The summed E-state index contributed by atoms with van der Waals surface area (Å²) in [6, 6.07) is 14.6. The minimum atomic E-state index is -0.308. The van der Waals surface area contributed by atoms with E-state index in [4.69, 9.17) is 20.3 Å². The van der Waals surface area contributed by atoms with Crippen molar-refractivity contribution >= 4 is 55.5 Å². The molecule has 5 aromatic heterocycles. The van der Waals surface area contributed by atoms with Crippen LogP contribution in [0.4, 0.5) is 5.13 Å². The van der Waals surface area contributed by atoms with Gasteiger partial charge in [0, 0.05) is 57.0 Å². The molecule has 0 fully saturated rings. The number of thiocarbonyl (C=S) groups is 1. The summed E-state index contributed by atoms with van der Waals surface area (Å²) in [5.41, 5.74) is 7.38. The second-order valence-electron chi connectivity index (χ2n) is 9.57. The highest BCUT2D eigenvalue weighted by atomic mass is 79.9. The number of ether oxygens (including phenoxy) is 2. The molecule has 5 N–H and O–H groups in total. The van der Waals surface area contributed by atoms with Gasteiger partial charge in [0.2, 0.25) is 0 Å². The predicted molar refractivity (Wildman–Crippen MR) is 206 cm³/mol. The Labute approximate surface area is 315 Å². The molecule has 0 saturated carbocycles. The number of rotatable bonds is 14. The molecular weight excluding hydrogens is 756 g/mol. The zero-order valence-electron chi connectivity index (χ0n) is 28.7. The third-order valence-electron chi connectivity index (χ3n) is 5.77. The standard InChI is InChI=1S/C16H17N5OS.C10H12BrNO2.C6H8N4S.C2H6O/c1-2-22-11-13-15(12-6-3-4-7-17-12)21-16(23-13)20-10-14-18-8-5-9-19-14;1-2-14-7-8(11)10(13)9-5-3-4-6-12-9;7-6(11)10-4-5-8-2-1-3-9-5;1-2-3/h3-9H,2,10-11H2,1H3,(H,20,21);3-6,8H,2,7H2,1H3;1-3H,4H2,(H3,7,10,11);3H,2H2,1H3. The van der Waals surface area contributed by atoms with Gasteiger partial charge in [-0.1, -0.05) is 39.4 Å². The zero-order chi connectivity index (χ0) is 37.1. The summed E-state index contributed by atoms with van der Waals surface area (Å²) >= 11 is 9.44. The summed E-state index contributed by atoms with van der Waals surface area (Å²) in [7, 11) is 0. The molecule has 0 aliphatic heterocycles. The summed E-state index contributed by atoms with van der Waals surface area (Å²) in [4.78, 5) is 41.7. The van der Waals surface area contributed by atoms with Crippen molar-refractivity contribution in [3.05, 3.63) is 108 Å². The largest absolute Gasteiger partial charge is 0.397 e. The van der Waals surface area contributed by atoms with Gasteiger partial charge in [0.05, 0.1) is 36.9 Å². The molecule has 0 saturated heterocycles. The first-order valence-corrected chi connectivity index (χ1v) is 18.0. The summed E-state index contributed by atoms with van der Waals surface area (Å²) in [6.45, 7) is 9.01. The highest BCUT2D eigenvalue weighted by Crippen LogP contribution is 2.30. The van der Waals surface area contributed by atoms with Crippen LogP contribution in [0.5, 0.6) is 0 Å². The van der Waals surface area contributed by atoms with Crippen molar-refractivity contribution in [2.75, 3.05) is 31.7 Å². The number of Topliss-reactive ketones (excluding diaryl/α,β-unsaturated/α-hetero) is 1. The lowest BCUT2D eigenvalue weighted by atomic mass is 10.2. The molecule has 272 valence electrons. The van der Waals surface area contributed by atoms with Crippen molar-refractivity contribution in [3.63, 3.8) is 0 Å². The number of halogens is 1. The predicted octanol–water partition coefficient (Wildman–Crippen LogP) is 5.02. The minimum Gasteiger partial charge on any atom is -0.397 e. The minimum absolute atomic E-state index is 0.0425. The maximum absolute atomic E-state index is 11.7. The maximum Gasteiger partial charge on any atom is 0.197 e. The number of aromatic nitrogens is 7. The van der Waals surface area contributed by atoms with E-state index in [1.54, 1.807) is 85.8 Å². The second-order valence-corrected chi connectivity index (χ2v) is 12.2. The number of nitrogens with one attached hydrogen (secondary N) is 2. The molecule has 1 atom stereocenters. The Hall–Kier alpha value is -4.39. The van der Waals surface area contributed by atoms with Crippen LogP contribution in [0.1, 0.15) is 47.8 Å². The first-order chi connectivity index (χ1) is 24.8. The number of pyridine rings is 2. The zero-order valence-corrected chi connectivity index (χ0v) is 31.9. The maximum atomic E-state index is 11.7. The summed E-state index contributed by atoms with van der Waals surface area (Å²) in [5.74, 6) is 1.37. The number of hydrogen-bond donors (Lipinski definition) is 4. The normalized spacial score (nSPS) is 10.5. The monoisotopic (exact) mass is 798 g/mol. The Morgan fingerprint density at radius 3 is 1.96 bits per heavy atom. The van der Waals surface area contributed by atoms with Crippen molar-refractivity contribution < 1.29 is 19.4 Å². The van der Waals surface area contributed by atoms with E-state index in [-0.39, 0.29) is 22.3 Å². The highest BCUT2D eigenvalue weighted by molar-refractivity contribution is 9.10. The van der Waals surface area contributed by atoms with Crippen LogP contribution in [0.15, 0.2) is 85.7 Å². The lowest BCUT2D eigenvalue weighted by Crippen LogP contribution is -2.29. The molecule has 0 amide bonds. The smallest absolute Gasteiger partial charge is 0.197 e. The fourth-order valence-electron chi connectivity index (χ4n) is 3.55. The van der Waals surface area contributed by atoms with E-state index in [0.717, 1.165) is 27.2 Å². The lowest BCUT2D eigenvalue weighted by Gasteiger charge is -2.07. The number of hydrogen-bond acceptors (Lipinski definition) is 14. The van der Waals surface area contributed by atoms with E-state index in [9.17, 15) is 4.79 Å². The van der Waals surface area contributed by atoms with Crippen molar-refractivity contribution in [1.82, 2.24) is 40.2 Å². The fraction of sp³-hybridized carbons (Fsp3) is 0.324. The van der Waals surface area contributed by atoms with Crippen LogP contribution in [0.3, 0.4) is 0 Å². The molecule has 1 unspecified atom stereocenters. The van der Waals surface area contributed by atoms with Crippen LogP contribution < -0.4 is 16.4 Å².